The molecule has 3 aliphatic rings. The second kappa shape index (κ2) is 6.79. The number of nitrogens with zero attached hydrogens (tertiary/aromatic N) is 2. The molecule has 1 saturated heterocycles. The van der Waals surface area contributed by atoms with Gasteiger partial charge in [-0.05, 0) is 43.9 Å². The lowest BCUT2D eigenvalue weighted by Gasteiger charge is -2.33. The van der Waals surface area contributed by atoms with Crippen LogP contribution in [0.15, 0.2) is 0 Å². The number of piperidine rings is 1. The van der Waals surface area contributed by atoms with E-state index in [4.69, 9.17) is 5.26 Å². The van der Waals surface area contributed by atoms with Crippen molar-refractivity contribution in [3.05, 3.63) is 0 Å². The number of carbonyl (C=O) groups excluding carboxylic acids is 2. The Balaban J connectivity index is 1.61. The van der Waals surface area contributed by atoms with E-state index in [1.54, 1.807) is 4.90 Å². The Labute approximate surface area is 153 Å². The number of nitrogens with one attached hydrogen (secondary N) is 1. The molecule has 0 aromatic rings. The largest absolute Gasteiger partial charge is 0.328 e. The van der Waals surface area contributed by atoms with Crippen LogP contribution in [0.1, 0.15) is 64.7 Å². The Kier molecular flexibility index (Phi) is 4.98. The highest BCUT2D eigenvalue weighted by Gasteiger charge is 2.48. The molecule has 0 radical (unpaired) electrons. The molecule has 0 aromatic heterocycles. The van der Waals surface area contributed by atoms with Gasteiger partial charge in [0.15, 0.2) is 5.78 Å². The van der Waals surface area contributed by atoms with Crippen molar-refractivity contribution in [1.29, 1.82) is 5.26 Å². The number of hydrogen-bond donors (Lipinski definition) is 1. The van der Waals surface area contributed by atoms with Crippen LogP contribution in [0.5, 0.6) is 0 Å². The number of urea groups is 1. The second-order valence-corrected chi connectivity index (χ2v) is 8.44. The smallest absolute Gasteiger partial charge is 0.317 e. The molecule has 1 aliphatic heterocycles. The summed E-state index contributed by atoms with van der Waals surface area (Å²) in [5.41, 5.74) is -0.294. The van der Waals surface area contributed by atoms with Gasteiger partial charge in [-0.1, -0.05) is 6.92 Å². The molecule has 1 atom stereocenters. The molecule has 3 fully saturated rings. The number of Topliss-reactive ketones (excluding diaryl/α,β-unsaturated/α-hetero) is 1. The van der Waals surface area contributed by atoms with E-state index in [0.29, 0.717) is 31.3 Å². The van der Waals surface area contributed by atoms with Gasteiger partial charge >= 0.3 is 6.03 Å². The number of rotatable bonds is 7. The van der Waals surface area contributed by atoms with Crippen LogP contribution in [0, 0.1) is 22.2 Å². The Morgan fingerprint density at radius 3 is 2.27 bits per heavy atom. The van der Waals surface area contributed by atoms with E-state index in [0.717, 1.165) is 12.8 Å². The summed E-state index contributed by atoms with van der Waals surface area (Å²) in [4.78, 5) is 26.7. The van der Waals surface area contributed by atoms with Crippen LogP contribution >= 0.6 is 0 Å². The maximum Gasteiger partial charge on any atom is 0.317 e. The van der Waals surface area contributed by atoms with Gasteiger partial charge in [0.1, 0.15) is 0 Å². The lowest BCUT2D eigenvalue weighted by molar-refractivity contribution is -0.124. The third-order valence-corrected chi connectivity index (χ3v) is 6.38. The Morgan fingerprint density at radius 2 is 1.81 bits per heavy atom. The Hall–Kier alpha value is -1.71. The average Bonchev–Trinajstić information content (AvgIpc) is 3.53. The first-order valence-electron chi connectivity index (χ1n) is 9.59. The average molecular weight is 367 g/mol. The highest BCUT2D eigenvalue weighted by atomic mass is 19.3. The normalized spacial score (nSPS) is 23.8. The number of halogens is 2. The number of ketones is 1. The van der Waals surface area contributed by atoms with Crippen LogP contribution in [-0.4, -0.2) is 41.8 Å². The summed E-state index contributed by atoms with van der Waals surface area (Å²) in [6.07, 6.45) is 4.41. The van der Waals surface area contributed by atoms with Gasteiger partial charge in [0.2, 0.25) is 5.92 Å². The van der Waals surface area contributed by atoms with Crippen molar-refractivity contribution in [3.63, 3.8) is 0 Å². The lowest BCUT2D eigenvalue weighted by atomic mass is 9.93. The topological polar surface area (TPSA) is 73.2 Å². The minimum atomic E-state index is -3.02. The summed E-state index contributed by atoms with van der Waals surface area (Å²) in [7, 11) is 0. The predicted molar refractivity (Wildman–Crippen MR) is 91.6 cm³/mol. The quantitative estimate of drug-likeness (QED) is 0.747. The summed E-state index contributed by atoms with van der Waals surface area (Å²) in [5.74, 6) is -3.47. The predicted octanol–water partition coefficient (Wildman–Crippen LogP) is 3.64. The lowest BCUT2D eigenvalue weighted by Crippen LogP contribution is -2.52. The molecular weight excluding hydrogens is 340 g/mol. The monoisotopic (exact) mass is 367 g/mol. The summed E-state index contributed by atoms with van der Waals surface area (Å²) < 4.78 is 27.8. The number of carbonyl (C=O) groups is 2. The van der Waals surface area contributed by atoms with Gasteiger partial charge in [-0.2, -0.15) is 5.26 Å². The zero-order chi connectivity index (χ0) is 19.0. The molecule has 2 amide bonds. The zero-order valence-electron chi connectivity index (χ0n) is 15.3. The Morgan fingerprint density at radius 1 is 1.19 bits per heavy atom. The van der Waals surface area contributed by atoms with Gasteiger partial charge in [-0.15, -0.1) is 0 Å². The van der Waals surface area contributed by atoms with E-state index >= 15 is 0 Å². The van der Waals surface area contributed by atoms with Gasteiger partial charge in [0.05, 0.1) is 17.5 Å². The fraction of sp³-hybridized carbons (Fsp3) is 0.842. The van der Waals surface area contributed by atoms with Crippen LogP contribution in [-0.2, 0) is 4.79 Å². The molecule has 7 heteroatoms. The standard InChI is InChI=1S/C19H27F2N3O2/c1-2-19(20,21)11-14(15(25)12-18(13-22)5-6-18)23-16(26)24-9-7-17(3-4-17)8-10-24/h14H,2-12H2,1H3,(H,23,26)/t14-/m0/s1. The molecule has 0 bridgehead atoms. The van der Waals surface area contributed by atoms with Gasteiger partial charge in [-0.25, -0.2) is 13.6 Å². The molecule has 1 N–H and O–H groups in total. The second-order valence-electron chi connectivity index (χ2n) is 8.44. The van der Waals surface area contributed by atoms with Crippen LogP contribution in [0.2, 0.25) is 0 Å². The molecule has 1 spiro atoms. The van der Waals surface area contributed by atoms with Gasteiger partial charge < -0.3 is 10.2 Å². The van der Waals surface area contributed by atoms with Crippen LogP contribution < -0.4 is 5.32 Å². The number of alkyl halides is 2. The summed E-state index contributed by atoms with van der Waals surface area (Å²) in [5, 5.41) is 11.7. The van der Waals surface area contributed by atoms with Crippen LogP contribution in [0.25, 0.3) is 0 Å². The maximum atomic E-state index is 13.9. The number of nitriles is 1. The van der Waals surface area contributed by atoms with Crippen molar-refractivity contribution in [2.24, 2.45) is 10.8 Å². The van der Waals surface area contributed by atoms with Gasteiger partial charge in [0.25, 0.3) is 0 Å². The minimum Gasteiger partial charge on any atom is -0.328 e. The molecule has 0 aromatic carbocycles. The highest BCUT2D eigenvalue weighted by molar-refractivity contribution is 5.89. The molecule has 5 nitrogen and oxygen atoms in total. The molecule has 3 rings (SSSR count). The highest BCUT2D eigenvalue weighted by Crippen LogP contribution is 2.53. The van der Waals surface area contributed by atoms with Crippen molar-refractivity contribution >= 4 is 11.8 Å². The Bertz CT molecular complexity index is 611. The van der Waals surface area contributed by atoms with Crippen molar-refractivity contribution in [3.8, 4) is 6.07 Å². The van der Waals surface area contributed by atoms with E-state index in [1.165, 1.54) is 19.8 Å². The van der Waals surface area contributed by atoms with Crippen molar-refractivity contribution in [2.45, 2.75) is 76.7 Å². The number of likely N-dealkylation sites (tertiary alicyclic amines) is 1. The fourth-order valence-electron chi connectivity index (χ4n) is 3.73. The number of hydrogen-bond acceptors (Lipinski definition) is 3. The molecule has 2 aliphatic carbocycles. The molecule has 2 saturated carbocycles. The molecule has 144 valence electrons. The number of amides is 2. The third kappa shape index (κ3) is 4.33. The molecule has 26 heavy (non-hydrogen) atoms. The fourth-order valence-corrected chi connectivity index (χ4v) is 3.73. The van der Waals surface area contributed by atoms with Crippen molar-refractivity contribution in [1.82, 2.24) is 10.2 Å². The van der Waals surface area contributed by atoms with E-state index in [-0.39, 0.29) is 12.8 Å². The molecular formula is C19H27F2N3O2. The first-order chi connectivity index (χ1) is 12.2. The third-order valence-electron chi connectivity index (χ3n) is 6.38. The summed E-state index contributed by atoms with van der Waals surface area (Å²) >= 11 is 0. The van der Waals surface area contributed by atoms with Gasteiger partial charge in [-0.3, -0.25) is 4.79 Å². The van der Waals surface area contributed by atoms with E-state index in [2.05, 4.69) is 11.4 Å². The van der Waals surface area contributed by atoms with Gasteiger partial charge in [0, 0.05) is 32.4 Å². The van der Waals surface area contributed by atoms with Crippen molar-refractivity contribution in [2.75, 3.05) is 13.1 Å². The minimum absolute atomic E-state index is 0.0582. The van der Waals surface area contributed by atoms with E-state index in [9.17, 15) is 18.4 Å². The maximum absolute atomic E-state index is 13.9. The zero-order valence-corrected chi connectivity index (χ0v) is 15.3. The first kappa shape index (κ1) is 19.1. The SMILES string of the molecule is CCC(F)(F)C[C@H](NC(=O)N1CCC2(CC1)CC2)C(=O)CC1(C#N)CC1. The first-order valence-corrected chi connectivity index (χ1v) is 9.59. The van der Waals surface area contributed by atoms with E-state index < -0.39 is 35.6 Å². The summed E-state index contributed by atoms with van der Waals surface area (Å²) in [6, 6.07) is 0.443. The van der Waals surface area contributed by atoms with Crippen LogP contribution in [0.3, 0.4) is 0 Å². The molecule has 0 unspecified atom stereocenters. The van der Waals surface area contributed by atoms with Crippen LogP contribution in [0.4, 0.5) is 13.6 Å². The summed E-state index contributed by atoms with van der Waals surface area (Å²) in [6.45, 7) is 2.58. The van der Waals surface area contributed by atoms with E-state index in [1.807, 2.05) is 0 Å². The molecule has 1 heterocycles. The van der Waals surface area contributed by atoms with Crippen molar-refractivity contribution < 1.29 is 18.4 Å².